The maximum absolute atomic E-state index is 10.8. The molecule has 0 aliphatic carbocycles. The van der Waals surface area contributed by atoms with Gasteiger partial charge in [-0.25, -0.2) is 0 Å². The van der Waals surface area contributed by atoms with Crippen LogP contribution in [-0.4, -0.2) is 18.9 Å². The van der Waals surface area contributed by atoms with Gasteiger partial charge in [0.25, 0.3) is 0 Å². The third-order valence-electron chi connectivity index (χ3n) is 1.06. The third kappa shape index (κ3) is 2.62. The zero-order valence-corrected chi connectivity index (χ0v) is 6.00. The van der Waals surface area contributed by atoms with Crippen molar-refractivity contribution in [2.24, 2.45) is 5.92 Å². The van der Waals surface area contributed by atoms with Crippen molar-refractivity contribution >= 4 is 12.3 Å². The van der Waals surface area contributed by atoms with Crippen LogP contribution in [0.4, 0.5) is 0 Å². The molecular weight excluding hydrogens is 132 g/mol. The first-order valence-electron chi connectivity index (χ1n) is 3.88. The van der Waals surface area contributed by atoms with E-state index in [1.165, 1.54) is 0 Å². The number of carbonyl (C=O) groups is 2. The van der Waals surface area contributed by atoms with Gasteiger partial charge in [0.2, 0.25) is 0 Å². The lowest BCUT2D eigenvalue weighted by Gasteiger charge is -2.04. The molecule has 0 heterocycles. The number of carbonyl (C=O) groups excluding carboxylic acids is 2. The first-order chi connectivity index (χ1) is 5.26. The molecule has 0 rings (SSSR count). The summed E-state index contributed by atoms with van der Waals surface area (Å²) in [6.07, 6.45) is 0.787. The Morgan fingerprint density at radius 1 is 1.90 bits per heavy atom. The Morgan fingerprint density at radius 3 is 3.00 bits per heavy atom. The molecule has 1 unspecified atom stereocenters. The summed E-state index contributed by atoms with van der Waals surface area (Å²) in [5, 5.41) is 0. The fourth-order valence-electron chi connectivity index (χ4n) is 0.491. The lowest BCUT2D eigenvalue weighted by molar-refractivity contribution is -0.149. The Balaban J connectivity index is 3.81. The van der Waals surface area contributed by atoms with Crippen molar-refractivity contribution in [1.29, 1.82) is 0 Å². The van der Waals surface area contributed by atoms with Crippen LogP contribution in [-0.2, 0) is 14.3 Å². The fourth-order valence-corrected chi connectivity index (χ4v) is 0.491. The second kappa shape index (κ2) is 4.97. The van der Waals surface area contributed by atoms with Crippen molar-refractivity contribution in [3.05, 3.63) is 0 Å². The van der Waals surface area contributed by atoms with Crippen LogP contribution in [0.5, 0.6) is 0 Å². The number of ether oxygens (including phenoxy) is 1. The standard InChI is InChI=1S/C7H12O3/c1-3-6(5-8)7(9)10-4-2/h5-6H,3-4H2,1-2H3/i1D. The van der Waals surface area contributed by atoms with Gasteiger partial charge >= 0.3 is 5.97 Å². The first kappa shape index (κ1) is 7.25. The third-order valence-corrected chi connectivity index (χ3v) is 1.06. The van der Waals surface area contributed by atoms with Crippen molar-refractivity contribution < 1.29 is 15.7 Å². The SMILES string of the molecule is [2H]CCC(C=O)C(=O)OCC. The number of esters is 1. The van der Waals surface area contributed by atoms with Gasteiger partial charge in [0, 0.05) is 1.37 Å². The molecule has 0 bridgehead atoms. The molecule has 0 aromatic carbocycles. The van der Waals surface area contributed by atoms with Crippen LogP contribution in [0.2, 0.25) is 0 Å². The Labute approximate surface area is 61.8 Å². The van der Waals surface area contributed by atoms with Crippen LogP contribution >= 0.6 is 0 Å². The van der Waals surface area contributed by atoms with Gasteiger partial charge in [-0.15, -0.1) is 0 Å². The first-order valence-corrected chi connectivity index (χ1v) is 3.17. The molecule has 1 atom stereocenters. The lowest BCUT2D eigenvalue weighted by Crippen LogP contribution is -2.17. The minimum atomic E-state index is -0.743. The highest BCUT2D eigenvalue weighted by atomic mass is 16.5. The summed E-state index contributed by atoms with van der Waals surface area (Å²) in [6.45, 7) is 2.03. The van der Waals surface area contributed by atoms with Gasteiger partial charge < -0.3 is 9.53 Å². The highest BCUT2D eigenvalue weighted by Crippen LogP contribution is 2.00. The molecule has 0 aromatic heterocycles. The van der Waals surface area contributed by atoms with Crippen LogP contribution in [0.1, 0.15) is 21.6 Å². The van der Waals surface area contributed by atoms with E-state index in [0.717, 1.165) is 0 Å². The summed E-state index contributed by atoms with van der Waals surface area (Å²) in [6, 6.07) is 0. The second-order valence-corrected chi connectivity index (χ2v) is 1.78. The van der Waals surface area contributed by atoms with Gasteiger partial charge in [0.05, 0.1) is 6.61 Å². The molecule has 0 saturated heterocycles. The molecule has 0 radical (unpaired) electrons. The Morgan fingerprint density at radius 2 is 2.60 bits per heavy atom. The highest BCUT2D eigenvalue weighted by molar-refractivity contribution is 5.87. The molecule has 3 nitrogen and oxygen atoms in total. The van der Waals surface area contributed by atoms with Gasteiger partial charge in [-0.2, -0.15) is 0 Å². The average molecular weight is 145 g/mol. The fraction of sp³-hybridized carbons (Fsp3) is 0.714. The zero-order chi connectivity index (χ0) is 8.69. The van der Waals surface area contributed by atoms with Gasteiger partial charge in [-0.05, 0) is 13.3 Å². The predicted octanol–water partition coefficient (Wildman–Crippen LogP) is 0.775. The monoisotopic (exact) mass is 145 g/mol. The van der Waals surface area contributed by atoms with Crippen LogP contribution < -0.4 is 0 Å². The van der Waals surface area contributed by atoms with E-state index < -0.39 is 11.9 Å². The molecule has 0 saturated carbocycles. The molecule has 3 heteroatoms. The molecule has 0 spiro atoms. The number of hydrogen-bond acceptors (Lipinski definition) is 3. The van der Waals surface area contributed by atoms with Crippen molar-refractivity contribution in [1.82, 2.24) is 0 Å². The van der Waals surface area contributed by atoms with Gasteiger partial charge in [-0.3, -0.25) is 4.79 Å². The zero-order valence-electron chi connectivity index (χ0n) is 7.00. The maximum atomic E-state index is 10.8. The summed E-state index contributed by atoms with van der Waals surface area (Å²) in [5.41, 5.74) is 0. The van der Waals surface area contributed by atoms with Crippen LogP contribution in [0.15, 0.2) is 0 Å². The number of rotatable bonds is 4. The summed E-state index contributed by atoms with van der Waals surface area (Å²) in [5.74, 6) is -1.26. The molecule has 0 aliphatic rings. The van der Waals surface area contributed by atoms with E-state index in [0.29, 0.717) is 6.29 Å². The summed E-state index contributed by atoms with van der Waals surface area (Å²) in [4.78, 5) is 21.1. The minimum Gasteiger partial charge on any atom is -0.465 e. The smallest absolute Gasteiger partial charge is 0.316 e. The van der Waals surface area contributed by atoms with Gasteiger partial charge in [-0.1, -0.05) is 6.90 Å². The largest absolute Gasteiger partial charge is 0.465 e. The number of aldehydes is 1. The van der Waals surface area contributed by atoms with Crippen LogP contribution in [0, 0.1) is 5.92 Å². The van der Waals surface area contributed by atoms with E-state index in [1.807, 2.05) is 0 Å². The lowest BCUT2D eigenvalue weighted by atomic mass is 10.1. The molecule has 0 fully saturated rings. The molecule has 0 aromatic rings. The van der Waals surface area contributed by atoms with E-state index in [4.69, 9.17) is 1.37 Å². The van der Waals surface area contributed by atoms with Gasteiger partial charge in [0.15, 0.2) is 0 Å². The molecule has 0 N–H and O–H groups in total. The predicted molar refractivity (Wildman–Crippen MR) is 36.5 cm³/mol. The quantitative estimate of drug-likeness (QED) is 0.333. The molecule has 0 aliphatic heterocycles. The van der Waals surface area contributed by atoms with E-state index in [9.17, 15) is 9.59 Å². The summed E-state index contributed by atoms with van der Waals surface area (Å²) in [7, 11) is 0. The molecule has 10 heavy (non-hydrogen) atoms. The summed E-state index contributed by atoms with van der Waals surface area (Å²) >= 11 is 0. The molecule has 0 amide bonds. The Bertz CT molecular complexity index is 136. The molecular formula is C7H12O3. The summed E-state index contributed by atoms with van der Waals surface area (Å²) < 4.78 is 11.4. The van der Waals surface area contributed by atoms with Crippen molar-refractivity contribution in [3.63, 3.8) is 0 Å². The van der Waals surface area contributed by atoms with Crippen LogP contribution in [0.3, 0.4) is 0 Å². The highest BCUT2D eigenvalue weighted by Gasteiger charge is 2.15. The maximum Gasteiger partial charge on any atom is 0.316 e. The van der Waals surface area contributed by atoms with E-state index in [-0.39, 0.29) is 19.9 Å². The van der Waals surface area contributed by atoms with Crippen LogP contribution in [0.25, 0.3) is 0 Å². The number of hydrogen-bond donors (Lipinski definition) is 0. The van der Waals surface area contributed by atoms with E-state index in [2.05, 4.69) is 4.74 Å². The van der Waals surface area contributed by atoms with Crippen molar-refractivity contribution in [2.75, 3.05) is 6.61 Å². The second-order valence-electron chi connectivity index (χ2n) is 1.78. The Kier molecular flexibility index (Phi) is 3.60. The van der Waals surface area contributed by atoms with E-state index in [1.54, 1.807) is 6.92 Å². The Hall–Kier alpha value is -0.860. The topological polar surface area (TPSA) is 43.4 Å². The normalized spacial score (nSPS) is 13.5. The average Bonchev–Trinajstić information content (AvgIpc) is 2.00. The molecule has 58 valence electrons. The van der Waals surface area contributed by atoms with Crippen molar-refractivity contribution in [2.45, 2.75) is 20.2 Å². The van der Waals surface area contributed by atoms with Gasteiger partial charge in [0.1, 0.15) is 12.2 Å². The van der Waals surface area contributed by atoms with E-state index >= 15 is 0 Å². The van der Waals surface area contributed by atoms with Crippen molar-refractivity contribution in [3.8, 4) is 0 Å². The minimum absolute atomic E-state index is 0.0716.